The van der Waals surface area contributed by atoms with Crippen LogP contribution in [-0.2, 0) is 17.9 Å². The Bertz CT molecular complexity index is 1170. The molecule has 1 fully saturated rings. The van der Waals surface area contributed by atoms with Crippen LogP contribution in [0, 0.1) is 5.92 Å². The van der Waals surface area contributed by atoms with Crippen molar-refractivity contribution in [2.45, 2.75) is 32.4 Å². The molecule has 174 valence electrons. The van der Waals surface area contributed by atoms with Crippen LogP contribution in [0.25, 0.3) is 5.69 Å². The molecule has 2 aromatic heterocycles. The molecule has 0 spiro atoms. The number of benzene rings is 1. The summed E-state index contributed by atoms with van der Waals surface area (Å²) >= 11 is 0. The van der Waals surface area contributed by atoms with Crippen LogP contribution < -0.4 is 10.5 Å². The number of hydrogen-bond acceptors (Lipinski definition) is 7. The zero-order valence-electron chi connectivity index (χ0n) is 19.1. The molecule has 10 nitrogen and oxygen atoms in total. The molecule has 1 saturated heterocycles. The van der Waals surface area contributed by atoms with Gasteiger partial charge in [0, 0.05) is 50.3 Å². The number of piperidine rings is 1. The second-order valence-electron chi connectivity index (χ2n) is 8.89. The smallest absolute Gasteiger partial charge is 0.300 e. The van der Waals surface area contributed by atoms with Gasteiger partial charge in [-0.2, -0.15) is 4.68 Å². The molecule has 0 unspecified atom stereocenters. The summed E-state index contributed by atoms with van der Waals surface area (Å²) in [4.78, 5) is 26.3. The second kappa shape index (κ2) is 9.53. The molecule has 2 atom stereocenters. The molecule has 0 amide bonds. The third-order valence-corrected chi connectivity index (χ3v) is 5.91. The molecule has 3 aromatic rings. The lowest BCUT2D eigenvalue weighted by atomic mass is 9.83. The third-order valence-electron chi connectivity index (χ3n) is 5.91. The first-order valence-electron chi connectivity index (χ1n) is 11.0. The molecule has 0 saturated carbocycles. The van der Waals surface area contributed by atoms with Gasteiger partial charge in [-0.1, -0.05) is 29.4 Å². The molecule has 10 heteroatoms. The highest BCUT2D eigenvalue weighted by molar-refractivity contribution is 5.63. The number of tetrazole rings is 1. The summed E-state index contributed by atoms with van der Waals surface area (Å²) in [5.74, 6) is 0.657. The summed E-state index contributed by atoms with van der Waals surface area (Å²) in [6.45, 7) is 4.19. The monoisotopic (exact) mass is 451 g/mol. The van der Waals surface area contributed by atoms with E-state index in [0.717, 1.165) is 55.9 Å². The summed E-state index contributed by atoms with van der Waals surface area (Å²) < 4.78 is 3.81. The summed E-state index contributed by atoms with van der Waals surface area (Å²) in [5, 5.41) is 19.9. The molecule has 1 aromatic carbocycles. The number of hydrogen-bond donors (Lipinski definition) is 1. The van der Waals surface area contributed by atoms with Crippen molar-refractivity contribution in [2.24, 2.45) is 5.92 Å². The Kier molecular flexibility index (Phi) is 6.55. The van der Waals surface area contributed by atoms with Gasteiger partial charge in [0.15, 0.2) is 0 Å². The first-order valence-corrected chi connectivity index (χ1v) is 11.0. The number of rotatable bonds is 4. The first-order chi connectivity index (χ1) is 15.8. The Morgan fingerprint density at radius 3 is 2.55 bits per heavy atom. The maximum absolute atomic E-state index is 13.0. The standard InChI is InChI=1S/C21H25N7O.C2H4O2/c1-25(2)13-16-8-9-19-17-10-15(12-27(19)20(16)29)11-26(14-17)21-22-23-24-28(21)18-6-4-3-5-7-18;1-2(3)4/h3-9,15,17H,10-14H2,1-2H3;1H3,(H,3,4)/t15-,17+;/m0./s1. The fourth-order valence-electron chi connectivity index (χ4n) is 4.73. The number of nitrogens with zero attached hydrogens (tertiary/aromatic N) is 7. The van der Waals surface area contributed by atoms with Crippen molar-refractivity contribution in [1.29, 1.82) is 0 Å². The van der Waals surface area contributed by atoms with E-state index in [9.17, 15) is 4.79 Å². The molecular formula is C23H29N7O3. The summed E-state index contributed by atoms with van der Waals surface area (Å²) in [7, 11) is 3.99. The van der Waals surface area contributed by atoms with Crippen LogP contribution in [0.15, 0.2) is 47.3 Å². The van der Waals surface area contributed by atoms with Gasteiger partial charge in [0.25, 0.3) is 11.5 Å². The summed E-state index contributed by atoms with van der Waals surface area (Å²) in [6, 6.07) is 14.1. The topological polar surface area (TPSA) is 109 Å². The van der Waals surface area contributed by atoms with Gasteiger partial charge < -0.3 is 19.5 Å². The quantitative estimate of drug-likeness (QED) is 0.637. The number of aromatic nitrogens is 5. The number of carboxylic acid groups (broad SMARTS) is 1. The van der Waals surface area contributed by atoms with E-state index in [1.54, 1.807) is 4.68 Å². The summed E-state index contributed by atoms with van der Waals surface area (Å²) in [6.07, 6.45) is 1.11. The van der Waals surface area contributed by atoms with Gasteiger partial charge in [-0.15, -0.1) is 0 Å². The van der Waals surface area contributed by atoms with Crippen LogP contribution in [0.3, 0.4) is 0 Å². The van der Waals surface area contributed by atoms with Crippen molar-refractivity contribution in [3.05, 3.63) is 64.1 Å². The van der Waals surface area contributed by atoms with Crippen molar-refractivity contribution < 1.29 is 9.90 Å². The third kappa shape index (κ3) is 4.95. The lowest BCUT2D eigenvalue weighted by Crippen LogP contribution is -2.48. The number of pyridine rings is 1. The van der Waals surface area contributed by atoms with Gasteiger partial charge in [0.2, 0.25) is 5.95 Å². The Morgan fingerprint density at radius 1 is 1.12 bits per heavy atom. The minimum absolute atomic E-state index is 0.161. The van der Waals surface area contributed by atoms with E-state index >= 15 is 0 Å². The molecule has 4 heterocycles. The molecule has 2 aliphatic rings. The molecule has 0 aliphatic carbocycles. The molecule has 1 N–H and O–H groups in total. The highest BCUT2D eigenvalue weighted by Crippen LogP contribution is 2.36. The highest BCUT2D eigenvalue weighted by Gasteiger charge is 2.36. The van der Waals surface area contributed by atoms with Crippen molar-refractivity contribution in [1.82, 2.24) is 29.7 Å². The van der Waals surface area contributed by atoms with Crippen LogP contribution in [0.5, 0.6) is 0 Å². The second-order valence-corrected chi connectivity index (χ2v) is 8.89. The van der Waals surface area contributed by atoms with E-state index < -0.39 is 5.97 Å². The zero-order valence-corrected chi connectivity index (χ0v) is 19.1. The lowest BCUT2D eigenvalue weighted by molar-refractivity contribution is -0.134. The van der Waals surface area contributed by atoms with E-state index in [1.165, 1.54) is 0 Å². The van der Waals surface area contributed by atoms with E-state index in [4.69, 9.17) is 9.90 Å². The number of carboxylic acids is 1. The fourth-order valence-corrected chi connectivity index (χ4v) is 4.73. The molecule has 2 aliphatic heterocycles. The van der Waals surface area contributed by atoms with Gasteiger partial charge in [-0.3, -0.25) is 9.59 Å². The van der Waals surface area contributed by atoms with Crippen LogP contribution in [-0.4, -0.2) is 67.9 Å². The van der Waals surface area contributed by atoms with Crippen molar-refractivity contribution in [3.63, 3.8) is 0 Å². The van der Waals surface area contributed by atoms with E-state index in [2.05, 4.69) is 26.5 Å². The Morgan fingerprint density at radius 2 is 1.85 bits per heavy atom. The van der Waals surface area contributed by atoms with E-state index in [-0.39, 0.29) is 5.56 Å². The van der Waals surface area contributed by atoms with Gasteiger partial charge in [-0.25, -0.2) is 0 Å². The number of fused-ring (bicyclic) bond motifs is 4. The van der Waals surface area contributed by atoms with Gasteiger partial charge in [0.05, 0.1) is 5.69 Å². The summed E-state index contributed by atoms with van der Waals surface area (Å²) in [5.41, 5.74) is 3.11. The highest BCUT2D eigenvalue weighted by atomic mass is 16.4. The van der Waals surface area contributed by atoms with Crippen LogP contribution in [0.4, 0.5) is 5.95 Å². The van der Waals surface area contributed by atoms with Gasteiger partial charge in [0.1, 0.15) is 0 Å². The SMILES string of the molecule is CC(=O)O.CN(C)Cc1ccc2n(c1=O)C[C@H]1C[C@@H]2CN(c2nnnn2-c2ccccc2)C1. The maximum atomic E-state index is 13.0. The lowest BCUT2D eigenvalue weighted by Gasteiger charge is -2.43. The average Bonchev–Trinajstić information content (AvgIpc) is 3.26. The molecule has 5 rings (SSSR count). The van der Waals surface area contributed by atoms with Crippen LogP contribution >= 0.6 is 0 Å². The van der Waals surface area contributed by atoms with Gasteiger partial charge >= 0.3 is 0 Å². The fraction of sp³-hybridized carbons (Fsp3) is 0.435. The van der Waals surface area contributed by atoms with Crippen LogP contribution in [0.1, 0.15) is 30.5 Å². The Balaban J connectivity index is 0.000000601. The predicted octanol–water partition coefficient (Wildman–Crippen LogP) is 1.60. The van der Waals surface area contributed by atoms with E-state index in [1.807, 2.05) is 60.0 Å². The molecule has 2 bridgehead atoms. The number of para-hydroxylation sites is 1. The maximum Gasteiger partial charge on any atom is 0.300 e. The minimum atomic E-state index is -0.833. The Hall–Kier alpha value is -3.53. The predicted molar refractivity (Wildman–Crippen MR) is 124 cm³/mol. The first kappa shape index (κ1) is 22.7. The van der Waals surface area contributed by atoms with Crippen molar-refractivity contribution in [3.8, 4) is 5.69 Å². The number of aliphatic carboxylic acids is 1. The minimum Gasteiger partial charge on any atom is -0.481 e. The number of anilines is 1. The normalized spacial score (nSPS) is 19.0. The zero-order chi connectivity index (χ0) is 23.5. The van der Waals surface area contributed by atoms with Crippen molar-refractivity contribution in [2.75, 3.05) is 32.1 Å². The van der Waals surface area contributed by atoms with Crippen LogP contribution in [0.2, 0.25) is 0 Å². The number of carbonyl (C=O) groups is 1. The largest absolute Gasteiger partial charge is 0.481 e. The van der Waals surface area contributed by atoms with Crippen molar-refractivity contribution >= 4 is 11.9 Å². The average molecular weight is 452 g/mol. The van der Waals surface area contributed by atoms with Gasteiger partial charge in [-0.05, 0) is 55.1 Å². The molecular weight excluding hydrogens is 422 g/mol. The molecule has 33 heavy (non-hydrogen) atoms. The molecule has 0 radical (unpaired) electrons. The Labute approximate surface area is 192 Å². The van der Waals surface area contributed by atoms with E-state index in [0.29, 0.717) is 18.4 Å².